The number of rotatable bonds is 5. The van der Waals surface area contributed by atoms with E-state index >= 15 is 0 Å². The first-order valence-electron chi connectivity index (χ1n) is 9.33. The zero-order valence-electron chi connectivity index (χ0n) is 15.8. The second-order valence-electron chi connectivity index (χ2n) is 6.63. The molecule has 9 nitrogen and oxygen atoms in total. The van der Waals surface area contributed by atoms with E-state index in [-0.39, 0.29) is 0 Å². The van der Waals surface area contributed by atoms with Gasteiger partial charge in [0, 0.05) is 57.0 Å². The maximum absolute atomic E-state index is 12.4. The normalized spacial score (nSPS) is 15.1. The van der Waals surface area contributed by atoms with Crippen LogP contribution >= 0.6 is 0 Å². The van der Waals surface area contributed by atoms with Gasteiger partial charge in [-0.15, -0.1) is 0 Å². The minimum Gasteiger partial charge on any atom is -0.461 e. The molecule has 3 aromatic heterocycles. The van der Waals surface area contributed by atoms with Crippen LogP contribution in [0, 0.1) is 0 Å². The van der Waals surface area contributed by atoms with E-state index in [0.29, 0.717) is 30.2 Å². The summed E-state index contributed by atoms with van der Waals surface area (Å²) in [7, 11) is 0. The third-order valence-corrected chi connectivity index (χ3v) is 4.79. The number of ether oxygens (including phenoxy) is 1. The van der Waals surface area contributed by atoms with E-state index in [1.807, 2.05) is 16.5 Å². The van der Waals surface area contributed by atoms with Crippen LogP contribution in [0.3, 0.4) is 0 Å². The molecule has 1 fully saturated rings. The lowest BCUT2D eigenvalue weighted by Crippen LogP contribution is -2.46. The van der Waals surface area contributed by atoms with Crippen molar-refractivity contribution in [2.45, 2.75) is 13.5 Å². The molecule has 4 rings (SSSR count). The first-order chi connectivity index (χ1) is 13.7. The van der Waals surface area contributed by atoms with Crippen LogP contribution in [0.5, 0.6) is 0 Å². The molecule has 0 unspecified atom stereocenters. The van der Waals surface area contributed by atoms with Crippen LogP contribution in [-0.4, -0.2) is 63.0 Å². The number of aromatic nitrogens is 4. The van der Waals surface area contributed by atoms with E-state index < -0.39 is 5.97 Å². The van der Waals surface area contributed by atoms with Crippen LogP contribution in [0.15, 0.2) is 36.8 Å². The van der Waals surface area contributed by atoms with Gasteiger partial charge in [-0.1, -0.05) is 0 Å². The SMILES string of the molecule is CCOC(=O)c1nc2ccc(N)cn2c1CN1CCN(c2ncccn2)CC1. The Morgan fingerprint density at radius 3 is 2.64 bits per heavy atom. The first-order valence-corrected chi connectivity index (χ1v) is 9.33. The van der Waals surface area contributed by atoms with Gasteiger partial charge in [0.05, 0.1) is 12.3 Å². The molecule has 9 heteroatoms. The predicted octanol–water partition coefficient (Wildman–Crippen LogP) is 1.21. The molecular weight excluding hydrogens is 358 g/mol. The molecule has 1 saturated heterocycles. The Balaban J connectivity index is 1.55. The van der Waals surface area contributed by atoms with Gasteiger partial charge in [0.15, 0.2) is 5.69 Å². The van der Waals surface area contributed by atoms with Gasteiger partial charge in [-0.05, 0) is 25.1 Å². The average molecular weight is 381 g/mol. The summed E-state index contributed by atoms with van der Waals surface area (Å²) in [6.07, 6.45) is 5.31. The van der Waals surface area contributed by atoms with Crippen molar-refractivity contribution in [2.24, 2.45) is 0 Å². The highest BCUT2D eigenvalue weighted by Crippen LogP contribution is 2.19. The van der Waals surface area contributed by atoms with Crippen molar-refractivity contribution in [3.63, 3.8) is 0 Å². The molecule has 2 N–H and O–H groups in total. The third-order valence-electron chi connectivity index (χ3n) is 4.79. The molecule has 3 aromatic rings. The summed E-state index contributed by atoms with van der Waals surface area (Å²) in [5.74, 6) is 0.341. The van der Waals surface area contributed by atoms with Crippen LogP contribution in [0.2, 0.25) is 0 Å². The van der Waals surface area contributed by atoms with E-state index in [1.165, 1.54) is 0 Å². The number of carbonyl (C=O) groups excluding carboxylic acids is 1. The molecule has 0 amide bonds. The molecule has 1 aliphatic rings. The van der Waals surface area contributed by atoms with Crippen LogP contribution < -0.4 is 10.6 Å². The smallest absolute Gasteiger partial charge is 0.358 e. The number of carbonyl (C=O) groups is 1. The Labute approximate surface area is 162 Å². The molecule has 0 aliphatic carbocycles. The maximum atomic E-state index is 12.4. The van der Waals surface area contributed by atoms with Crippen molar-refractivity contribution in [3.05, 3.63) is 48.2 Å². The number of anilines is 2. The van der Waals surface area contributed by atoms with E-state index in [4.69, 9.17) is 10.5 Å². The molecule has 146 valence electrons. The van der Waals surface area contributed by atoms with Gasteiger partial charge < -0.3 is 15.4 Å². The highest BCUT2D eigenvalue weighted by atomic mass is 16.5. The molecule has 0 radical (unpaired) electrons. The number of nitrogens with zero attached hydrogens (tertiary/aromatic N) is 6. The monoisotopic (exact) mass is 381 g/mol. The van der Waals surface area contributed by atoms with Gasteiger partial charge in [-0.2, -0.15) is 0 Å². The first kappa shape index (κ1) is 18.2. The number of piperazine rings is 1. The molecular formula is C19H23N7O2. The third kappa shape index (κ3) is 3.61. The van der Waals surface area contributed by atoms with E-state index in [0.717, 1.165) is 37.8 Å². The molecule has 0 bridgehead atoms. The van der Waals surface area contributed by atoms with Gasteiger partial charge in [-0.3, -0.25) is 9.30 Å². The Morgan fingerprint density at radius 1 is 1.18 bits per heavy atom. The molecule has 0 saturated carbocycles. The number of hydrogen-bond acceptors (Lipinski definition) is 8. The second kappa shape index (κ2) is 7.81. The number of fused-ring (bicyclic) bond motifs is 1. The lowest BCUT2D eigenvalue weighted by Gasteiger charge is -2.34. The van der Waals surface area contributed by atoms with Gasteiger partial charge in [-0.25, -0.2) is 19.7 Å². The van der Waals surface area contributed by atoms with Gasteiger partial charge >= 0.3 is 5.97 Å². The number of nitrogens with two attached hydrogens (primary N) is 1. The molecule has 0 atom stereocenters. The number of nitrogen functional groups attached to an aromatic ring is 1. The molecule has 4 heterocycles. The summed E-state index contributed by atoms with van der Waals surface area (Å²) in [4.78, 5) is 30.0. The van der Waals surface area contributed by atoms with Crippen molar-refractivity contribution >= 4 is 23.3 Å². The number of hydrogen-bond donors (Lipinski definition) is 1. The van der Waals surface area contributed by atoms with Gasteiger partial charge in [0.1, 0.15) is 5.65 Å². The van der Waals surface area contributed by atoms with E-state index in [9.17, 15) is 4.79 Å². The van der Waals surface area contributed by atoms with Crippen molar-refractivity contribution in [3.8, 4) is 0 Å². The zero-order valence-corrected chi connectivity index (χ0v) is 15.8. The summed E-state index contributed by atoms with van der Waals surface area (Å²) in [6.45, 7) is 5.98. The lowest BCUT2D eigenvalue weighted by atomic mass is 10.2. The topological polar surface area (TPSA) is 102 Å². The Morgan fingerprint density at radius 2 is 1.93 bits per heavy atom. The summed E-state index contributed by atoms with van der Waals surface area (Å²) in [5, 5.41) is 0. The average Bonchev–Trinajstić information content (AvgIpc) is 3.07. The second-order valence-corrected chi connectivity index (χ2v) is 6.63. The molecule has 0 aromatic carbocycles. The minimum atomic E-state index is -0.406. The summed E-state index contributed by atoms with van der Waals surface area (Å²) < 4.78 is 7.09. The van der Waals surface area contributed by atoms with E-state index in [2.05, 4.69) is 24.8 Å². The van der Waals surface area contributed by atoms with Crippen molar-refractivity contribution in [1.82, 2.24) is 24.3 Å². The lowest BCUT2D eigenvalue weighted by molar-refractivity contribution is 0.0517. The minimum absolute atomic E-state index is 0.310. The Kier molecular flexibility index (Phi) is 5.07. The fraction of sp³-hybridized carbons (Fsp3) is 0.368. The standard InChI is InChI=1S/C19H23N7O2/c1-2-28-18(27)17-15(26-12-14(20)4-5-16(26)23-17)13-24-8-10-25(11-9-24)19-21-6-3-7-22-19/h3-7,12H,2,8-11,13,20H2,1H3. The van der Waals surface area contributed by atoms with Gasteiger partial charge in [0.25, 0.3) is 0 Å². The molecule has 0 spiro atoms. The Bertz CT molecular complexity index is 965. The number of imidazole rings is 1. The predicted molar refractivity (Wildman–Crippen MR) is 105 cm³/mol. The van der Waals surface area contributed by atoms with Crippen LogP contribution in [-0.2, 0) is 11.3 Å². The van der Waals surface area contributed by atoms with Crippen molar-refractivity contribution in [2.75, 3.05) is 43.4 Å². The summed E-state index contributed by atoms with van der Waals surface area (Å²) in [5.41, 5.74) is 8.40. The van der Waals surface area contributed by atoms with Crippen LogP contribution in [0.1, 0.15) is 23.1 Å². The fourth-order valence-corrected chi connectivity index (χ4v) is 3.40. The summed E-state index contributed by atoms with van der Waals surface area (Å²) in [6, 6.07) is 5.40. The number of esters is 1. The largest absolute Gasteiger partial charge is 0.461 e. The van der Waals surface area contributed by atoms with E-state index in [1.54, 1.807) is 31.6 Å². The maximum Gasteiger partial charge on any atom is 0.358 e. The van der Waals surface area contributed by atoms with Crippen LogP contribution in [0.25, 0.3) is 5.65 Å². The van der Waals surface area contributed by atoms with Gasteiger partial charge in [0.2, 0.25) is 5.95 Å². The molecule has 28 heavy (non-hydrogen) atoms. The fourth-order valence-electron chi connectivity index (χ4n) is 3.40. The zero-order chi connectivity index (χ0) is 19.5. The number of pyridine rings is 1. The Hall–Kier alpha value is -3.20. The molecule has 1 aliphatic heterocycles. The highest BCUT2D eigenvalue weighted by Gasteiger charge is 2.25. The summed E-state index contributed by atoms with van der Waals surface area (Å²) >= 11 is 0. The van der Waals surface area contributed by atoms with Crippen LogP contribution in [0.4, 0.5) is 11.6 Å². The quantitative estimate of drug-likeness (QED) is 0.658. The highest BCUT2D eigenvalue weighted by molar-refractivity contribution is 5.89. The van der Waals surface area contributed by atoms with Crippen molar-refractivity contribution < 1.29 is 9.53 Å². The van der Waals surface area contributed by atoms with Crippen molar-refractivity contribution in [1.29, 1.82) is 0 Å².